The molecule has 4 heteroatoms. The number of ketones is 1. The number of nitrogens with two attached hydrogens (primary N) is 1. The van der Waals surface area contributed by atoms with Gasteiger partial charge in [0, 0.05) is 0 Å². The van der Waals surface area contributed by atoms with E-state index in [2.05, 4.69) is 15.9 Å². The summed E-state index contributed by atoms with van der Waals surface area (Å²) >= 11 is 3.22. The highest BCUT2D eigenvalue weighted by Gasteiger charge is 2.17. The number of hydrogen-bond acceptors (Lipinski definition) is 3. The molecule has 1 unspecified atom stereocenters. The highest BCUT2D eigenvalue weighted by atomic mass is 79.9. The Morgan fingerprint density at radius 2 is 2.21 bits per heavy atom. The fraction of sp³-hybridized carbons (Fsp3) is 0.300. The third-order valence-electron chi connectivity index (χ3n) is 1.88. The van der Waals surface area contributed by atoms with Crippen LogP contribution in [0.25, 0.3) is 0 Å². The number of carbonyl (C=O) groups is 1. The first kappa shape index (κ1) is 11.0. The molecular formula is C10H12BrNO2. The summed E-state index contributed by atoms with van der Waals surface area (Å²) in [5.74, 6) is 0.415. The number of para-hydroxylation sites is 1. The topological polar surface area (TPSA) is 52.3 Å². The highest BCUT2D eigenvalue weighted by Crippen LogP contribution is 2.27. The monoisotopic (exact) mass is 257 g/mol. The van der Waals surface area contributed by atoms with Crippen molar-refractivity contribution in [3.05, 3.63) is 23.8 Å². The number of rotatable bonds is 3. The van der Waals surface area contributed by atoms with E-state index in [0.717, 1.165) is 0 Å². The lowest BCUT2D eigenvalue weighted by Crippen LogP contribution is -2.12. The molecule has 0 saturated carbocycles. The molecule has 2 N–H and O–H groups in total. The molecule has 0 radical (unpaired) electrons. The van der Waals surface area contributed by atoms with Crippen molar-refractivity contribution >= 4 is 27.4 Å². The zero-order valence-electron chi connectivity index (χ0n) is 8.08. The predicted octanol–water partition coefficient (Wildman–Crippen LogP) is 2.24. The van der Waals surface area contributed by atoms with E-state index in [9.17, 15) is 4.79 Å². The number of methoxy groups -OCH3 is 1. The molecule has 1 rings (SSSR count). The standard InChI is InChI=1S/C10H12BrNO2/c1-6(11)9(13)7-4-3-5-8(12)10(7)14-2/h3-6H,12H2,1-2H3. The molecule has 0 fully saturated rings. The summed E-state index contributed by atoms with van der Waals surface area (Å²) < 4.78 is 5.08. The molecular weight excluding hydrogens is 246 g/mol. The van der Waals surface area contributed by atoms with E-state index in [-0.39, 0.29) is 10.6 Å². The van der Waals surface area contributed by atoms with Crippen molar-refractivity contribution in [2.75, 3.05) is 12.8 Å². The van der Waals surface area contributed by atoms with Crippen molar-refractivity contribution in [1.82, 2.24) is 0 Å². The lowest BCUT2D eigenvalue weighted by atomic mass is 10.1. The Kier molecular flexibility index (Phi) is 3.52. The number of hydrogen-bond donors (Lipinski definition) is 1. The Balaban J connectivity index is 3.20. The number of ether oxygens (including phenoxy) is 1. The second-order valence-corrected chi connectivity index (χ2v) is 4.28. The Morgan fingerprint density at radius 3 is 2.71 bits per heavy atom. The molecule has 1 aromatic carbocycles. The first-order valence-electron chi connectivity index (χ1n) is 4.18. The molecule has 1 aromatic rings. The summed E-state index contributed by atoms with van der Waals surface area (Å²) in [7, 11) is 1.50. The van der Waals surface area contributed by atoms with Crippen LogP contribution in [0, 0.1) is 0 Å². The fourth-order valence-corrected chi connectivity index (χ4v) is 1.44. The maximum atomic E-state index is 11.7. The predicted molar refractivity (Wildman–Crippen MR) is 60.1 cm³/mol. The highest BCUT2D eigenvalue weighted by molar-refractivity contribution is 9.10. The van der Waals surface area contributed by atoms with Crippen LogP contribution < -0.4 is 10.5 Å². The molecule has 76 valence electrons. The number of nitrogen functional groups attached to an aromatic ring is 1. The SMILES string of the molecule is COc1c(N)cccc1C(=O)C(C)Br. The molecule has 0 aromatic heterocycles. The van der Waals surface area contributed by atoms with Crippen LogP contribution in [0.15, 0.2) is 18.2 Å². The van der Waals surface area contributed by atoms with Gasteiger partial charge >= 0.3 is 0 Å². The Bertz CT molecular complexity index is 350. The van der Waals surface area contributed by atoms with Gasteiger partial charge in [0.05, 0.1) is 23.2 Å². The summed E-state index contributed by atoms with van der Waals surface area (Å²) in [6.45, 7) is 1.77. The minimum atomic E-state index is -0.238. The van der Waals surface area contributed by atoms with E-state index >= 15 is 0 Å². The average molecular weight is 258 g/mol. The van der Waals surface area contributed by atoms with Gasteiger partial charge in [0.15, 0.2) is 11.5 Å². The lowest BCUT2D eigenvalue weighted by molar-refractivity contribution is 0.0993. The Morgan fingerprint density at radius 1 is 1.57 bits per heavy atom. The van der Waals surface area contributed by atoms with Gasteiger partial charge < -0.3 is 10.5 Å². The summed E-state index contributed by atoms with van der Waals surface area (Å²) in [5.41, 5.74) is 6.67. The molecule has 1 atom stereocenters. The molecule has 0 bridgehead atoms. The van der Waals surface area contributed by atoms with Crippen LogP contribution in [0.3, 0.4) is 0 Å². The summed E-state index contributed by atoms with van der Waals surface area (Å²) in [4.78, 5) is 11.5. The lowest BCUT2D eigenvalue weighted by Gasteiger charge is -2.10. The van der Waals surface area contributed by atoms with Crippen molar-refractivity contribution in [2.45, 2.75) is 11.8 Å². The van der Waals surface area contributed by atoms with Gasteiger partial charge in [0.25, 0.3) is 0 Å². The van der Waals surface area contributed by atoms with Gasteiger partial charge in [-0.3, -0.25) is 4.79 Å². The van der Waals surface area contributed by atoms with Crippen LogP contribution in [-0.4, -0.2) is 17.7 Å². The van der Waals surface area contributed by atoms with Crippen molar-refractivity contribution in [3.8, 4) is 5.75 Å². The minimum absolute atomic E-state index is 0.0332. The second-order valence-electron chi connectivity index (χ2n) is 2.91. The molecule has 0 heterocycles. The molecule has 0 aliphatic heterocycles. The summed E-state index contributed by atoms with van der Waals surface area (Å²) in [5, 5.41) is 0. The third kappa shape index (κ3) is 2.07. The second kappa shape index (κ2) is 4.46. The number of halogens is 1. The van der Waals surface area contributed by atoms with Gasteiger partial charge in [-0.2, -0.15) is 0 Å². The molecule has 0 saturated heterocycles. The van der Waals surface area contributed by atoms with Gasteiger partial charge in [-0.25, -0.2) is 0 Å². The first-order valence-corrected chi connectivity index (χ1v) is 5.10. The van der Waals surface area contributed by atoms with Crippen molar-refractivity contribution in [3.63, 3.8) is 0 Å². The average Bonchev–Trinajstić information content (AvgIpc) is 2.16. The summed E-state index contributed by atoms with van der Waals surface area (Å²) in [6, 6.07) is 5.14. The van der Waals surface area contributed by atoms with Crippen LogP contribution in [-0.2, 0) is 0 Å². The zero-order chi connectivity index (χ0) is 10.7. The van der Waals surface area contributed by atoms with Crippen LogP contribution in [0.2, 0.25) is 0 Å². The van der Waals surface area contributed by atoms with E-state index < -0.39 is 0 Å². The largest absolute Gasteiger partial charge is 0.494 e. The van der Waals surface area contributed by atoms with E-state index in [4.69, 9.17) is 10.5 Å². The Hall–Kier alpha value is -1.03. The molecule has 0 amide bonds. The number of Topliss-reactive ketones (excluding diaryl/α,β-unsaturated/α-hetero) is 1. The van der Waals surface area contributed by atoms with Gasteiger partial charge in [0.1, 0.15) is 0 Å². The van der Waals surface area contributed by atoms with Crippen LogP contribution in [0.5, 0.6) is 5.75 Å². The van der Waals surface area contributed by atoms with Crippen LogP contribution >= 0.6 is 15.9 Å². The van der Waals surface area contributed by atoms with E-state index in [1.165, 1.54) is 7.11 Å². The van der Waals surface area contributed by atoms with Crippen LogP contribution in [0.4, 0.5) is 5.69 Å². The maximum absolute atomic E-state index is 11.7. The van der Waals surface area contributed by atoms with Crippen molar-refractivity contribution < 1.29 is 9.53 Å². The molecule has 0 aliphatic rings. The number of alkyl halides is 1. The van der Waals surface area contributed by atoms with Crippen molar-refractivity contribution in [2.24, 2.45) is 0 Å². The van der Waals surface area contributed by atoms with Gasteiger partial charge in [-0.05, 0) is 19.1 Å². The number of anilines is 1. The number of benzene rings is 1. The summed E-state index contributed by atoms with van der Waals surface area (Å²) in [6.07, 6.45) is 0. The van der Waals surface area contributed by atoms with Crippen molar-refractivity contribution in [1.29, 1.82) is 0 Å². The normalized spacial score (nSPS) is 12.2. The minimum Gasteiger partial charge on any atom is -0.494 e. The van der Waals surface area contributed by atoms with Gasteiger partial charge in [-0.15, -0.1) is 0 Å². The van der Waals surface area contributed by atoms with E-state index in [1.54, 1.807) is 25.1 Å². The fourth-order valence-electron chi connectivity index (χ4n) is 1.19. The zero-order valence-corrected chi connectivity index (χ0v) is 9.67. The molecule has 3 nitrogen and oxygen atoms in total. The number of carbonyl (C=O) groups excluding carboxylic acids is 1. The van der Waals surface area contributed by atoms with Gasteiger partial charge in [0.2, 0.25) is 0 Å². The molecule has 0 aliphatic carbocycles. The van der Waals surface area contributed by atoms with Gasteiger partial charge in [-0.1, -0.05) is 22.0 Å². The first-order chi connectivity index (χ1) is 6.57. The quantitative estimate of drug-likeness (QED) is 0.514. The Labute approximate surface area is 91.4 Å². The van der Waals surface area contributed by atoms with E-state index in [1.807, 2.05) is 0 Å². The van der Waals surface area contributed by atoms with Crippen LogP contribution in [0.1, 0.15) is 17.3 Å². The maximum Gasteiger partial charge on any atom is 0.179 e. The molecule has 0 spiro atoms. The van der Waals surface area contributed by atoms with E-state index in [0.29, 0.717) is 17.0 Å². The smallest absolute Gasteiger partial charge is 0.179 e. The molecule has 14 heavy (non-hydrogen) atoms. The third-order valence-corrected chi connectivity index (χ3v) is 2.29.